The van der Waals surface area contributed by atoms with Crippen LogP contribution in [0.2, 0.25) is 0 Å². The van der Waals surface area contributed by atoms with Gasteiger partial charge in [0, 0.05) is 18.8 Å². The largest absolute Gasteiger partial charge is 0.352 e. The van der Waals surface area contributed by atoms with Gasteiger partial charge >= 0.3 is 0 Å². The standard InChI is InChI=1S/C6H7BrN2/c7-6-1-4-2-8-3-5(4)9-6/h1,8-9H,2-3H2. The normalized spacial score (nSPS) is 16.1. The number of hydrogen-bond acceptors (Lipinski definition) is 1. The van der Waals surface area contributed by atoms with Gasteiger partial charge in [0.15, 0.2) is 0 Å². The second-order valence-electron chi connectivity index (χ2n) is 2.22. The second-order valence-corrected chi connectivity index (χ2v) is 3.08. The van der Waals surface area contributed by atoms with E-state index in [1.54, 1.807) is 0 Å². The summed E-state index contributed by atoms with van der Waals surface area (Å²) in [5.41, 5.74) is 2.71. The average molecular weight is 187 g/mol. The van der Waals surface area contributed by atoms with E-state index in [-0.39, 0.29) is 0 Å². The maximum absolute atomic E-state index is 3.37. The van der Waals surface area contributed by atoms with Gasteiger partial charge in [-0.15, -0.1) is 0 Å². The number of hydrogen-bond donors (Lipinski definition) is 2. The molecule has 0 spiro atoms. The van der Waals surface area contributed by atoms with Crippen LogP contribution in [0.1, 0.15) is 11.3 Å². The molecule has 1 aromatic rings. The molecule has 3 heteroatoms. The van der Waals surface area contributed by atoms with Crippen molar-refractivity contribution in [3.8, 4) is 0 Å². The topological polar surface area (TPSA) is 27.8 Å². The summed E-state index contributed by atoms with van der Waals surface area (Å²) >= 11 is 3.37. The van der Waals surface area contributed by atoms with Crippen LogP contribution < -0.4 is 5.32 Å². The van der Waals surface area contributed by atoms with Crippen LogP contribution in [0.4, 0.5) is 0 Å². The fourth-order valence-electron chi connectivity index (χ4n) is 1.14. The van der Waals surface area contributed by atoms with Gasteiger partial charge in [0.2, 0.25) is 0 Å². The fraction of sp³-hybridized carbons (Fsp3) is 0.333. The lowest BCUT2D eigenvalue weighted by atomic mass is 10.3. The lowest BCUT2D eigenvalue weighted by molar-refractivity contribution is 0.752. The minimum atomic E-state index is 0.987. The van der Waals surface area contributed by atoms with E-state index in [0.29, 0.717) is 0 Å². The fourth-order valence-corrected chi connectivity index (χ4v) is 1.65. The Morgan fingerprint density at radius 1 is 1.44 bits per heavy atom. The van der Waals surface area contributed by atoms with E-state index in [2.05, 4.69) is 32.3 Å². The highest BCUT2D eigenvalue weighted by molar-refractivity contribution is 9.10. The lowest BCUT2D eigenvalue weighted by Gasteiger charge is -1.86. The van der Waals surface area contributed by atoms with Crippen molar-refractivity contribution < 1.29 is 0 Å². The maximum Gasteiger partial charge on any atom is 0.0825 e. The highest BCUT2D eigenvalue weighted by atomic mass is 79.9. The Labute approximate surface area is 61.8 Å². The Kier molecular flexibility index (Phi) is 1.13. The quantitative estimate of drug-likeness (QED) is 0.630. The SMILES string of the molecule is Brc1cc2c([nH]1)CNC2. The molecule has 0 fully saturated rings. The molecule has 0 atom stereocenters. The van der Waals surface area contributed by atoms with Crippen LogP contribution >= 0.6 is 15.9 Å². The lowest BCUT2D eigenvalue weighted by Crippen LogP contribution is -2.01. The molecule has 2 N–H and O–H groups in total. The first-order valence-corrected chi connectivity index (χ1v) is 3.72. The molecule has 1 aliphatic rings. The van der Waals surface area contributed by atoms with E-state index >= 15 is 0 Å². The van der Waals surface area contributed by atoms with E-state index in [1.807, 2.05) is 0 Å². The number of aromatic amines is 1. The van der Waals surface area contributed by atoms with Crippen LogP contribution in [0.3, 0.4) is 0 Å². The van der Waals surface area contributed by atoms with Crippen LogP contribution in [0, 0.1) is 0 Å². The second kappa shape index (κ2) is 1.85. The molecular weight excluding hydrogens is 180 g/mol. The van der Waals surface area contributed by atoms with Crippen molar-refractivity contribution in [1.29, 1.82) is 0 Å². The highest BCUT2D eigenvalue weighted by Crippen LogP contribution is 2.19. The van der Waals surface area contributed by atoms with Crippen LogP contribution in [0.25, 0.3) is 0 Å². The summed E-state index contributed by atoms with van der Waals surface area (Å²) in [5.74, 6) is 0. The van der Waals surface area contributed by atoms with Crippen LogP contribution in [-0.2, 0) is 13.1 Å². The molecule has 0 aromatic carbocycles. The van der Waals surface area contributed by atoms with E-state index < -0.39 is 0 Å². The Morgan fingerprint density at radius 2 is 2.33 bits per heavy atom. The zero-order valence-corrected chi connectivity index (χ0v) is 6.46. The number of H-pyrrole nitrogens is 1. The zero-order chi connectivity index (χ0) is 6.27. The Bertz CT molecular complexity index is 207. The minimum Gasteiger partial charge on any atom is -0.352 e. The number of halogens is 1. The van der Waals surface area contributed by atoms with Crippen LogP contribution in [0.15, 0.2) is 10.7 Å². The Hall–Kier alpha value is -0.280. The Balaban J connectivity index is 2.51. The third-order valence-corrected chi connectivity index (χ3v) is 2.00. The van der Waals surface area contributed by atoms with Gasteiger partial charge in [0.1, 0.15) is 0 Å². The number of rotatable bonds is 0. The van der Waals surface area contributed by atoms with Crippen molar-refractivity contribution in [2.75, 3.05) is 0 Å². The molecular formula is C6H7BrN2. The summed E-state index contributed by atoms with van der Waals surface area (Å²) in [6, 6.07) is 2.12. The van der Waals surface area contributed by atoms with Gasteiger partial charge in [-0.2, -0.15) is 0 Å². The summed E-state index contributed by atoms with van der Waals surface area (Å²) in [7, 11) is 0. The van der Waals surface area contributed by atoms with Gasteiger partial charge in [-0.3, -0.25) is 0 Å². The first kappa shape index (κ1) is 5.50. The van der Waals surface area contributed by atoms with Crippen LogP contribution in [0.5, 0.6) is 0 Å². The van der Waals surface area contributed by atoms with E-state index in [0.717, 1.165) is 17.7 Å². The van der Waals surface area contributed by atoms with Gasteiger partial charge in [0.05, 0.1) is 4.60 Å². The molecule has 0 bridgehead atoms. The number of aromatic nitrogens is 1. The molecule has 0 saturated carbocycles. The number of nitrogens with one attached hydrogen (secondary N) is 2. The summed E-state index contributed by atoms with van der Waals surface area (Å²) in [6.07, 6.45) is 0. The summed E-state index contributed by atoms with van der Waals surface area (Å²) in [5, 5.41) is 3.24. The molecule has 48 valence electrons. The molecule has 0 radical (unpaired) electrons. The molecule has 2 nitrogen and oxygen atoms in total. The van der Waals surface area contributed by atoms with Gasteiger partial charge < -0.3 is 10.3 Å². The highest BCUT2D eigenvalue weighted by Gasteiger charge is 2.11. The van der Waals surface area contributed by atoms with Crippen molar-refractivity contribution in [3.05, 3.63) is 21.9 Å². The smallest absolute Gasteiger partial charge is 0.0825 e. The molecule has 1 aliphatic heterocycles. The summed E-state index contributed by atoms with van der Waals surface area (Å²) < 4.78 is 1.09. The first-order valence-electron chi connectivity index (χ1n) is 2.93. The maximum atomic E-state index is 3.37. The predicted octanol–water partition coefficient (Wildman–Crippen LogP) is 1.38. The van der Waals surface area contributed by atoms with Crippen molar-refractivity contribution in [2.45, 2.75) is 13.1 Å². The first-order chi connectivity index (χ1) is 4.36. The minimum absolute atomic E-state index is 0.987. The van der Waals surface area contributed by atoms with E-state index in [1.165, 1.54) is 11.3 Å². The van der Waals surface area contributed by atoms with Crippen molar-refractivity contribution in [3.63, 3.8) is 0 Å². The molecule has 0 aliphatic carbocycles. The van der Waals surface area contributed by atoms with Gasteiger partial charge in [-0.25, -0.2) is 0 Å². The number of fused-ring (bicyclic) bond motifs is 1. The Morgan fingerprint density at radius 3 is 3.11 bits per heavy atom. The van der Waals surface area contributed by atoms with Crippen molar-refractivity contribution in [2.24, 2.45) is 0 Å². The zero-order valence-electron chi connectivity index (χ0n) is 4.87. The summed E-state index contributed by atoms with van der Waals surface area (Å²) in [6.45, 7) is 2.00. The third-order valence-electron chi connectivity index (χ3n) is 1.58. The summed E-state index contributed by atoms with van der Waals surface area (Å²) in [4.78, 5) is 3.21. The van der Waals surface area contributed by atoms with E-state index in [9.17, 15) is 0 Å². The molecule has 0 unspecified atom stereocenters. The van der Waals surface area contributed by atoms with Crippen molar-refractivity contribution in [1.82, 2.24) is 10.3 Å². The van der Waals surface area contributed by atoms with Gasteiger partial charge in [-0.1, -0.05) is 0 Å². The van der Waals surface area contributed by atoms with Gasteiger partial charge in [0.25, 0.3) is 0 Å². The molecule has 2 rings (SSSR count). The van der Waals surface area contributed by atoms with E-state index in [4.69, 9.17) is 0 Å². The average Bonchev–Trinajstić information content (AvgIpc) is 2.22. The van der Waals surface area contributed by atoms with Gasteiger partial charge in [-0.05, 0) is 27.6 Å². The predicted molar refractivity (Wildman–Crippen MR) is 39.0 cm³/mol. The molecule has 1 aromatic heterocycles. The van der Waals surface area contributed by atoms with Crippen molar-refractivity contribution >= 4 is 15.9 Å². The monoisotopic (exact) mass is 186 g/mol. The third kappa shape index (κ3) is 0.804. The molecule has 9 heavy (non-hydrogen) atoms. The molecule has 0 amide bonds. The molecule has 0 saturated heterocycles. The van der Waals surface area contributed by atoms with Crippen LogP contribution in [-0.4, -0.2) is 4.98 Å². The molecule has 2 heterocycles.